The molecule has 2 rings (SSSR count). The molecule has 0 aliphatic carbocycles. The van der Waals surface area contributed by atoms with E-state index in [1.807, 2.05) is 18.2 Å². The largest absolute Gasteiger partial charge is 0.497 e. The van der Waals surface area contributed by atoms with E-state index in [1.54, 1.807) is 7.11 Å². The van der Waals surface area contributed by atoms with E-state index in [0.29, 0.717) is 6.04 Å². The van der Waals surface area contributed by atoms with E-state index in [9.17, 15) is 0 Å². The van der Waals surface area contributed by atoms with Crippen molar-refractivity contribution in [2.24, 2.45) is 0 Å². The lowest BCUT2D eigenvalue weighted by atomic mass is 10.1. The van der Waals surface area contributed by atoms with Crippen LogP contribution in [0, 0.1) is 0 Å². The highest BCUT2D eigenvalue weighted by molar-refractivity contribution is 5.68. The van der Waals surface area contributed by atoms with E-state index in [1.165, 1.54) is 32.4 Å². The zero-order valence-electron chi connectivity index (χ0n) is 12.0. The number of nitrogens with two attached hydrogens (primary N) is 1. The van der Waals surface area contributed by atoms with Crippen LogP contribution in [0.5, 0.6) is 5.75 Å². The highest BCUT2D eigenvalue weighted by atomic mass is 16.5. The van der Waals surface area contributed by atoms with Gasteiger partial charge in [0.25, 0.3) is 0 Å². The highest BCUT2D eigenvalue weighted by Crippen LogP contribution is 2.24. The molecule has 0 aromatic heterocycles. The molecule has 1 aromatic rings. The molecular formula is C15H25N3O. The van der Waals surface area contributed by atoms with Gasteiger partial charge in [0.2, 0.25) is 0 Å². The van der Waals surface area contributed by atoms with Gasteiger partial charge in [-0.3, -0.25) is 4.90 Å². The minimum atomic E-state index is 0.543. The molecule has 19 heavy (non-hydrogen) atoms. The maximum Gasteiger partial charge on any atom is 0.121 e. The topological polar surface area (TPSA) is 50.5 Å². The molecule has 1 fully saturated rings. The van der Waals surface area contributed by atoms with Crippen molar-refractivity contribution in [3.05, 3.63) is 18.2 Å². The van der Waals surface area contributed by atoms with Crippen molar-refractivity contribution in [3.8, 4) is 5.75 Å². The van der Waals surface area contributed by atoms with Gasteiger partial charge in [0.1, 0.15) is 5.75 Å². The fraction of sp³-hybridized carbons (Fsp3) is 0.600. The Kier molecular flexibility index (Phi) is 4.91. The van der Waals surface area contributed by atoms with Gasteiger partial charge in [0.05, 0.1) is 18.5 Å². The maximum absolute atomic E-state index is 6.01. The van der Waals surface area contributed by atoms with Gasteiger partial charge in [-0.1, -0.05) is 6.42 Å². The molecule has 106 valence electrons. The predicted molar refractivity (Wildman–Crippen MR) is 80.8 cm³/mol. The minimum absolute atomic E-state index is 0.543. The van der Waals surface area contributed by atoms with E-state index < -0.39 is 0 Å². The van der Waals surface area contributed by atoms with Crippen LogP contribution in [0.1, 0.15) is 26.2 Å². The van der Waals surface area contributed by atoms with E-state index in [0.717, 1.165) is 23.7 Å². The molecule has 1 unspecified atom stereocenters. The quantitative estimate of drug-likeness (QED) is 0.802. The third-order valence-corrected chi connectivity index (χ3v) is 3.86. The van der Waals surface area contributed by atoms with E-state index in [4.69, 9.17) is 10.5 Å². The van der Waals surface area contributed by atoms with Crippen LogP contribution in [0.15, 0.2) is 18.2 Å². The summed E-state index contributed by atoms with van der Waals surface area (Å²) < 4.78 is 5.15. The summed E-state index contributed by atoms with van der Waals surface area (Å²) in [4.78, 5) is 2.55. The Morgan fingerprint density at radius 1 is 1.32 bits per heavy atom. The van der Waals surface area contributed by atoms with E-state index in [-0.39, 0.29) is 0 Å². The molecule has 0 saturated carbocycles. The maximum atomic E-state index is 6.01. The Hall–Kier alpha value is -1.42. The van der Waals surface area contributed by atoms with Crippen molar-refractivity contribution in [1.82, 2.24) is 4.90 Å². The first kappa shape index (κ1) is 14.0. The highest BCUT2D eigenvalue weighted by Gasteiger charge is 2.16. The van der Waals surface area contributed by atoms with Gasteiger partial charge in [0.15, 0.2) is 0 Å². The molecule has 1 heterocycles. The lowest BCUT2D eigenvalue weighted by Gasteiger charge is -2.32. The number of ether oxygens (including phenoxy) is 1. The Morgan fingerprint density at radius 3 is 2.68 bits per heavy atom. The third kappa shape index (κ3) is 3.77. The van der Waals surface area contributed by atoms with Crippen molar-refractivity contribution >= 4 is 11.4 Å². The molecule has 1 aromatic carbocycles. The van der Waals surface area contributed by atoms with E-state index >= 15 is 0 Å². The Bertz CT molecular complexity index is 402. The van der Waals surface area contributed by atoms with Gasteiger partial charge in [-0.05, 0) is 45.0 Å². The van der Waals surface area contributed by atoms with Crippen molar-refractivity contribution in [2.45, 2.75) is 32.2 Å². The fourth-order valence-electron chi connectivity index (χ4n) is 2.57. The van der Waals surface area contributed by atoms with Crippen molar-refractivity contribution < 1.29 is 4.74 Å². The van der Waals surface area contributed by atoms with Gasteiger partial charge < -0.3 is 15.8 Å². The molecule has 1 atom stereocenters. The summed E-state index contributed by atoms with van der Waals surface area (Å²) in [7, 11) is 1.65. The second kappa shape index (κ2) is 6.66. The first-order valence-corrected chi connectivity index (χ1v) is 7.12. The number of nitrogen functional groups attached to an aromatic ring is 1. The predicted octanol–water partition coefficient (Wildman–Crippen LogP) is 2.56. The number of rotatable bonds is 5. The van der Waals surface area contributed by atoms with Crippen LogP contribution in [-0.4, -0.2) is 37.7 Å². The van der Waals surface area contributed by atoms with Crippen molar-refractivity contribution in [2.75, 3.05) is 37.8 Å². The number of hydrogen-bond acceptors (Lipinski definition) is 4. The number of anilines is 2. The van der Waals surface area contributed by atoms with Crippen molar-refractivity contribution in [3.63, 3.8) is 0 Å². The molecule has 4 heteroatoms. The summed E-state index contributed by atoms with van der Waals surface area (Å²) in [6, 6.07) is 6.32. The SMILES string of the molecule is COc1ccc(NCC(C)N2CCCCC2)c(N)c1. The molecule has 1 aliphatic rings. The third-order valence-electron chi connectivity index (χ3n) is 3.86. The van der Waals surface area contributed by atoms with Gasteiger partial charge in [-0.2, -0.15) is 0 Å². The van der Waals surface area contributed by atoms with Crippen LogP contribution >= 0.6 is 0 Å². The van der Waals surface area contributed by atoms with Crippen LogP contribution < -0.4 is 15.8 Å². The molecule has 0 spiro atoms. The van der Waals surface area contributed by atoms with Gasteiger partial charge in [0, 0.05) is 18.7 Å². The molecule has 1 aliphatic heterocycles. The molecule has 1 saturated heterocycles. The number of piperidine rings is 1. The number of likely N-dealkylation sites (tertiary alicyclic amines) is 1. The van der Waals surface area contributed by atoms with Crippen LogP contribution in [0.3, 0.4) is 0 Å². The molecule has 4 nitrogen and oxygen atoms in total. The summed E-state index contributed by atoms with van der Waals surface area (Å²) in [5.74, 6) is 0.798. The summed E-state index contributed by atoms with van der Waals surface area (Å²) in [6.45, 7) is 5.65. The summed E-state index contributed by atoms with van der Waals surface area (Å²) in [5.41, 5.74) is 7.74. The molecule has 0 bridgehead atoms. The molecule has 0 radical (unpaired) electrons. The summed E-state index contributed by atoms with van der Waals surface area (Å²) in [6.07, 6.45) is 4.03. The average Bonchev–Trinajstić information content (AvgIpc) is 2.46. The van der Waals surface area contributed by atoms with Crippen LogP contribution in [0.2, 0.25) is 0 Å². The smallest absolute Gasteiger partial charge is 0.121 e. The number of benzene rings is 1. The zero-order valence-corrected chi connectivity index (χ0v) is 12.0. The molecule has 0 amide bonds. The van der Waals surface area contributed by atoms with Crippen LogP contribution in [0.25, 0.3) is 0 Å². The average molecular weight is 263 g/mol. The lowest BCUT2D eigenvalue weighted by Crippen LogP contribution is -2.41. The standard InChI is InChI=1S/C15H25N3O/c1-12(18-8-4-3-5-9-18)11-17-15-7-6-13(19-2)10-14(15)16/h6-7,10,12,17H,3-5,8-9,11,16H2,1-2H3. The van der Waals surface area contributed by atoms with Crippen LogP contribution in [-0.2, 0) is 0 Å². The molecular weight excluding hydrogens is 238 g/mol. The first-order valence-electron chi connectivity index (χ1n) is 7.12. The second-order valence-corrected chi connectivity index (χ2v) is 5.28. The minimum Gasteiger partial charge on any atom is -0.497 e. The van der Waals surface area contributed by atoms with Gasteiger partial charge in [-0.15, -0.1) is 0 Å². The lowest BCUT2D eigenvalue weighted by molar-refractivity contribution is 0.180. The Balaban J connectivity index is 1.87. The number of hydrogen-bond donors (Lipinski definition) is 2. The number of methoxy groups -OCH3 is 1. The van der Waals surface area contributed by atoms with Gasteiger partial charge >= 0.3 is 0 Å². The second-order valence-electron chi connectivity index (χ2n) is 5.28. The van der Waals surface area contributed by atoms with Crippen molar-refractivity contribution in [1.29, 1.82) is 0 Å². The Morgan fingerprint density at radius 2 is 2.05 bits per heavy atom. The zero-order chi connectivity index (χ0) is 13.7. The van der Waals surface area contributed by atoms with E-state index in [2.05, 4.69) is 17.1 Å². The number of nitrogens with zero attached hydrogens (tertiary/aromatic N) is 1. The monoisotopic (exact) mass is 263 g/mol. The molecule has 3 N–H and O–H groups in total. The normalized spacial score (nSPS) is 18.0. The fourth-order valence-corrected chi connectivity index (χ4v) is 2.57. The summed E-state index contributed by atoms with van der Waals surface area (Å²) >= 11 is 0. The number of nitrogens with one attached hydrogen (secondary N) is 1. The first-order chi connectivity index (χ1) is 9.20. The summed E-state index contributed by atoms with van der Waals surface area (Å²) in [5, 5.41) is 3.44. The van der Waals surface area contributed by atoms with Crippen LogP contribution in [0.4, 0.5) is 11.4 Å². The van der Waals surface area contributed by atoms with Gasteiger partial charge in [-0.25, -0.2) is 0 Å². The Labute approximate surface area is 115 Å².